The molecule has 1 fully saturated rings. The van der Waals surface area contributed by atoms with Crippen molar-refractivity contribution in [3.63, 3.8) is 0 Å². The summed E-state index contributed by atoms with van der Waals surface area (Å²) in [5.41, 5.74) is -0.0597. The summed E-state index contributed by atoms with van der Waals surface area (Å²) in [4.78, 5) is 101. The number of rotatable bonds is 30. The molecule has 1 aliphatic carbocycles. The van der Waals surface area contributed by atoms with Gasteiger partial charge in [0.25, 0.3) is 6.47 Å². The summed E-state index contributed by atoms with van der Waals surface area (Å²) in [5, 5.41) is 0. The molecule has 0 N–H and O–H groups in total. The average molecular weight is 1110 g/mol. The first-order chi connectivity index (χ1) is 38.7. The molecule has 0 saturated heterocycles. The topological polar surface area (TPSA) is 247 Å². The lowest BCUT2D eigenvalue weighted by atomic mass is 9.82. The quantitative estimate of drug-likeness (QED) is 0.00896. The molecule has 0 amide bonds. The summed E-state index contributed by atoms with van der Waals surface area (Å²) in [7, 11) is 2.87. The molecule has 0 spiro atoms. The number of allylic oxidation sites excluding steroid dienone is 1. The van der Waals surface area contributed by atoms with Crippen molar-refractivity contribution in [3.05, 3.63) is 132 Å². The second kappa shape index (κ2) is 38.2. The van der Waals surface area contributed by atoms with Gasteiger partial charge in [-0.15, -0.1) is 6.58 Å². The van der Waals surface area contributed by atoms with Crippen LogP contribution in [0.25, 0.3) is 0 Å². The monoisotopic (exact) mass is 1110 g/mol. The van der Waals surface area contributed by atoms with Crippen molar-refractivity contribution in [1.29, 1.82) is 0 Å². The van der Waals surface area contributed by atoms with E-state index in [4.69, 9.17) is 52.1 Å². The average Bonchev–Trinajstić information content (AvgIpc) is 3.46. The molecule has 0 bridgehead atoms. The highest BCUT2D eigenvalue weighted by atomic mass is 16.6. The summed E-state index contributed by atoms with van der Waals surface area (Å²) >= 11 is 0. The van der Waals surface area contributed by atoms with Crippen molar-refractivity contribution in [2.75, 3.05) is 67.1 Å². The van der Waals surface area contributed by atoms with E-state index in [2.05, 4.69) is 31.7 Å². The van der Waals surface area contributed by atoms with Gasteiger partial charge in [-0.05, 0) is 143 Å². The zero-order valence-electron chi connectivity index (χ0n) is 46.1. The molecule has 0 aromatic heterocycles. The van der Waals surface area contributed by atoms with Crippen molar-refractivity contribution in [3.8, 4) is 34.5 Å². The van der Waals surface area contributed by atoms with Crippen molar-refractivity contribution in [2.45, 2.75) is 78.6 Å². The van der Waals surface area contributed by atoms with E-state index in [0.717, 1.165) is 6.08 Å². The fourth-order valence-electron chi connectivity index (χ4n) is 7.04. The van der Waals surface area contributed by atoms with E-state index in [9.17, 15) is 38.4 Å². The van der Waals surface area contributed by atoms with E-state index in [1.54, 1.807) is 30.3 Å². The summed E-state index contributed by atoms with van der Waals surface area (Å²) in [6.07, 6.45) is 7.60. The lowest BCUT2D eigenvalue weighted by molar-refractivity contribution is -0.145. The molecule has 1 aliphatic rings. The third kappa shape index (κ3) is 24.1. The molecule has 80 heavy (non-hydrogen) atoms. The van der Waals surface area contributed by atoms with Crippen molar-refractivity contribution in [1.82, 2.24) is 0 Å². The van der Waals surface area contributed by atoms with Gasteiger partial charge < -0.3 is 56.8 Å². The maximum atomic E-state index is 13.4. The number of unbranched alkanes of at least 4 members (excludes halogenated alkanes) is 2. The summed E-state index contributed by atoms with van der Waals surface area (Å²) < 4.78 is 64.1. The summed E-state index contributed by atoms with van der Waals surface area (Å²) in [6.45, 7) is 14.4. The Hall–Kier alpha value is -8.36. The van der Waals surface area contributed by atoms with E-state index in [-0.39, 0.29) is 111 Å². The van der Waals surface area contributed by atoms with Crippen molar-refractivity contribution in [2.24, 2.45) is 11.8 Å². The van der Waals surface area contributed by atoms with Crippen LogP contribution in [0.4, 0.5) is 0 Å². The Morgan fingerprint density at radius 3 is 1.24 bits per heavy atom. The number of ether oxygens (including phenoxy) is 12. The standard InChI is InChI=1S/C54H58O20.C3H8.C3H6/c1-4-48(56)68-28-8-7-27-67-41-19-15-39(16-20-41)52(60)74-47-24-22-43(34-45(47)54(62)70-32-30-64-3)72-50(58)37-11-9-36(10-12-37)49(57)71-42-21-23-46(44(33-42)53(61)69-31-29-63-2)73-51(59)38-13-17-40(18-14-38)66-26-6-5-25-65-35-55;2*1-3-2/h4,13-24,33-37H,1,5-12,25-32H2,2-3H3;3H2,1-2H3;3H,1H2,2H3. The van der Waals surface area contributed by atoms with Crippen LogP contribution in [0.3, 0.4) is 0 Å². The zero-order valence-corrected chi connectivity index (χ0v) is 46.1. The van der Waals surface area contributed by atoms with Gasteiger partial charge >= 0.3 is 41.8 Å². The van der Waals surface area contributed by atoms with Crippen LogP contribution < -0.4 is 28.4 Å². The second-order valence-electron chi connectivity index (χ2n) is 17.4. The normalized spacial score (nSPS) is 13.1. The minimum atomic E-state index is -0.864. The van der Waals surface area contributed by atoms with Gasteiger partial charge in [0, 0.05) is 20.3 Å². The van der Waals surface area contributed by atoms with Crippen LogP contribution in [0.1, 0.15) is 120 Å². The van der Waals surface area contributed by atoms with E-state index < -0.39 is 53.6 Å². The molecular formula is C60H72O20. The fraction of sp³-hybridized carbons (Fsp3) is 0.400. The van der Waals surface area contributed by atoms with E-state index in [1.165, 1.54) is 81.3 Å². The van der Waals surface area contributed by atoms with Crippen LogP contribution in [0.2, 0.25) is 0 Å². The number of carbonyl (C=O) groups is 8. The molecule has 0 radical (unpaired) electrons. The predicted octanol–water partition coefficient (Wildman–Crippen LogP) is 9.88. The van der Waals surface area contributed by atoms with Crippen molar-refractivity contribution < 1.29 is 95.2 Å². The molecule has 0 heterocycles. The number of benzene rings is 4. The van der Waals surface area contributed by atoms with Gasteiger partial charge in [-0.2, -0.15) is 0 Å². The number of carbonyl (C=O) groups excluding carboxylic acids is 8. The lowest BCUT2D eigenvalue weighted by Gasteiger charge is -2.26. The highest BCUT2D eigenvalue weighted by Crippen LogP contribution is 2.34. The van der Waals surface area contributed by atoms with Crippen LogP contribution in [0.15, 0.2) is 110 Å². The molecular weight excluding hydrogens is 1040 g/mol. The van der Waals surface area contributed by atoms with Gasteiger partial charge in [0.05, 0.1) is 62.6 Å². The van der Waals surface area contributed by atoms with E-state index >= 15 is 0 Å². The van der Waals surface area contributed by atoms with Gasteiger partial charge in [0.2, 0.25) is 0 Å². The van der Waals surface area contributed by atoms with Crippen LogP contribution in [0.5, 0.6) is 34.5 Å². The van der Waals surface area contributed by atoms with E-state index in [0.29, 0.717) is 56.9 Å². The first kappa shape index (κ1) is 65.9. The fourth-order valence-corrected chi connectivity index (χ4v) is 7.04. The molecule has 432 valence electrons. The van der Waals surface area contributed by atoms with E-state index in [1.807, 2.05) is 6.92 Å². The molecule has 20 nitrogen and oxygen atoms in total. The molecule has 4 aromatic rings. The number of esters is 7. The molecule has 5 rings (SSSR count). The Morgan fingerprint density at radius 2 is 0.863 bits per heavy atom. The molecule has 4 aromatic carbocycles. The second-order valence-corrected chi connectivity index (χ2v) is 17.4. The maximum Gasteiger partial charge on any atom is 0.343 e. The molecule has 0 atom stereocenters. The lowest BCUT2D eigenvalue weighted by Crippen LogP contribution is -2.30. The SMILES string of the molecule is C=CC.C=CC(=O)OCCCCOc1ccc(C(=O)Oc2ccc(OC(=O)C3CCC(C(=O)Oc4ccc(OC(=O)c5ccc(OCCCCOC=O)cc5)c(C(=O)OCCOC)c4)CC3)cc2C(=O)OCCOC)cc1.CCC. The minimum Gasteiger partial charge on any atom is -0.494 e. The summed E-state index contributed by atoms with van der Waals surface area (Å²) in [5.74, 6) is -5.59. The first-order valence-corrected chi connectivity index (χ1v) is 26.1. The third-order valence-corrected chi connectivity index (χ3v) is 11.0. The molecule has 1 saturated carbocycles. The number of methoxy groups -OCH3 is 2. The maximum absolute atomic E-state index is 13.4. The van der Waals surface area contributed by atoms with Gasteiger partial charge in [-0.25, -0.2) is 24.0 Å². The predicted molar refractivity (Wildman–Crippen MR) is 291 cm³/mol. The Labute approximate surface area is 466 Å². The molecule has 0 aliphatic heterocycles. The Bertz CT molecular complexity index is 2600. The van der Waals surface area contributed by atoms with Crippen LogP contribution in [-0.2, 0) is 47.6 Å². The zero-order chi connectivity index (χ0) is 58.5. The first-order valence-electron chi connectivity index (χ1n) is 26.1. The van der Waals surface area contributed by atoms with Crippen LogP contribution in [-0.4, -0.2) is 115 Å². The van der Waals surface area contributed by atoms with Crippen molar-refractivity contribution >= 4 is 48.3 Å². The Balaban J connectivity index is 0.00000268. The third-order valence-electron chi connectivity index (χ3n) is 11.0. The smallest absolute Gasteiger partial charge is 0.343 e. The van der Waals surface area contributed by atoms with Gasteiger partial charge in [0.15, 0.2) is 0 Å². The highest BCUT2D eigenvalue weighted by molar-refractivity contribution is 5.98. The van der Waals surface area contributed by atoms with Gasteiger partial charge in [-0.1, -0.05) is 32.9 Å². The number of hydrogen-bond acceptors (Lipinski definition) is 20. The van der Waals surface area contributed by atoms with Crippen LogP contribution in [0, 0.1) is 11.8 Å². The van der Waals surface area contributed by atoms with Gasteiger partial charge in [-0.3, -0.25) is 14.4 Å². The highest BCUT2D eigenvalue weighted by Gasteiger charge is 2.33. The number of hydrogen-bond donors (Lipinski definition) is 0. The van der Waals surface area contributed by atoms with Crippen LogP contribution >= 0.6 is 0 Å². The minimum absolute atomic E-state index is 0.0160. The molecule has 0 unspecified atom stereocenters. The summed E-state index contributed by atoms with van der Waals surface area (Å²) in [6, 6.07) is 20.1. The van der Waals surface area contributed by atoms with Gasteiger partial charge in [0.1, 0.15) is 58.8 Å². The Morgan fingerprint density at radius 1 is 0.487 bits per heavy atom. The largest absolute Gasteiger partial charge is 0.494 e. The Kier molecular flexibility index (Phi) is 31.5. The molecule has 20 heteroatoms.